The van der Waals surface area contributed by atoms with E-state index in [0.717, 1.165) is 19.6 Å². The minimum absolute atomic E-state index is 0. The molecule has 0 aliphatic heterocycles. The molecule has 0 fully saturated rings. The Morgan fingerprint density at radius 2 is 0.676 bits per heavy atom. The third kappa shape index (κ3) is 19.6. The summed E-state index contributed by atoms with van der Waals surface area (Å²) in [6, 6.07) is 30.1. The van der Waals surface area contributed by atoms with Crippen LogP contribution in [0.2, 0.25) is 0 Å². The molecule has 3 aromatic rings. The minimum atomic E-state index is 0. The molecular weight excluding hydrogens is 667 g/mol. The van der Waals surface area contributed by atoms with Crippen LogP contribution in [-0.2, 0) is 57.5 Å². The van der Waals surface area contributed by atoms with E-state index in [4.69, 9.17) is 74.5 Å². The molecular formula is C24H24N3NdS6. The third-order valence-electron chi connectivity index (χ3n) is 3.84. The van der Waals surface area contributed by atoms with E-state index >= 15 is 0 Å². The number of rotatable bonds is 6. The van der Waals surface area contributed by atoms with Gasteiger partial charge in [-0.2, -0.15) is 0 Å². The molecule has 0 saturated heterocycles. The average Bonchev–Trinajstić information content (AvgIpc) is 2.83. The van der Waals surface area contributed by atoms with Crippen LogP contribution in [0.5, 0.6) is 0 Å². The maximum absolute atomic E-state index is 4.70. The molecule has 3 nitrogen and oxygen atoms in total. The van der Waals surface area contributed by atoms with Crippen LogP contribution in [0.3, 0.4) is 0 Å². The summed E-state index contributed by atoms with van der Waals surface area (Å²) < 4.78 is 1.27. The van der Waals surface area contributed by atoms with Crippen LogP contribution in [0, 0.1) is 40.8 Å². The summed E-state index contributed by atoms with van der Waals surface area (Å²) in [4.78, 5) is 0. The molecule has 0 amide bonds. The van der Waals surface area contributed by atoms with Crippen LogP contribution in [0.25, 0.3) is 0 Å². The van der Waals surface area contributed by atoms with E-state index in [2.05, 4.69) is 16.0 Å². The zero-order chi connectivity index (χ0) is 24.3. The molecule has 1 radical (unpaired) electrons. The molecule has 175 valence electrons. The van der Waals surface area contributed by atoms with E-state index in [-0.39, 0.29) is 40.8 Å². The smallest absolute Gasteiger partial charge is 0.412 e. The topological polar surface area (TPSA) is 36.1 Å². The molecule has 0 atom stereocenters. The Kier molecular flexibility index (Phi) is 21.2. The van der Waals surface area contributed by atoms with Gasteiger partial charge in [-0.05, 0) is 16.7 Å². The molecule has 0 aliphatic carbocycles. The van der Waals surface area contributed by atoms with Gasteiger partial charge in [0.15, 0.2) is 0 Å². The Morgan fingerprint density at radius 3 is 0.853 bits per heavy atom. The van der Waals surface area contributed by atoms with Crippen LogP contribution in [0.15, 0.2) is 91.0 Å². The van der Waals surface area contributed by atoms with Gasteiger partial charge in [0.1, 0.15) is 0 Å². The van der Waals surface area contributed by atoms with E-state index in [0.29, 0.717) is 13.0 Å². The summed E-state index contributed by atoms with van der Waals surface area (Å²) in [6.07, 6.45) is 0. The van der Waals surface area contributed by atoms with Crippen molar-refractivity contribution in [2.75, 3.05) is 0 Å². The Hall–Kier alpha value is -0.659. The van der Waals surface area contributed by atoms with Crippen LogP contribution in [0.4, 0.5) is 0 Å². The first kappa shape index (κ1) is 33.3. The molecule has 0 heterocycles. The Morgan fingerprint density at radius 1 is 0.471 bits per heavy atom. The summed E-state index contributed by atoms with van der Waals surface area (Å²) >= 11 is 28.2. The van der Waals surface area contributed by atoms with E-state index in [9.17, 15) is 0 Å². The maximum Gasteiger partial charge on any atom is 3.00 e. The maximum atomic E-state index is 4.70. The van der Waals surface area contributed by atoms with Crippen molar-refractivity contribution in [2.45, 2.75) is 19.6 Å². The standard InChI is InChI=1S/3C8H9NS2.Nd/c3*10-8(11)9-6-7-4-2-1-3-5-7;/h3*1-5H,6H2,(H2,9,10,11);/q;;;+3/p-3. The van der Waals surface area contributed by atoms with Crippen LogP contribution in [0.1, 0.15) is 16.7 Å². The molecule has 3 aromatic carbocycles. The van der Waals surface area contributed by atoms with Crippen molar-refractivity contribution in [3.63, 3.8) is 0 Å². The van der Waals surface area contributed by atoms with Gasteiger partial charge >= 0.3 is 40.8 Å². The van der Waals surface area contributed by atoms with Crippen molar-refractivity contribution in [3.05, 3.63) is 108 Å². The number of benzene rings is 3. The first-order valence-electron chi connectivity index (χ1n) is 9.83. The molecule has 34 heavy (non-hydrogen) atoms. The van der Waals surface area contributed by atoms with Crippen LogP contribution >= 0.6 is 36.7 Å². The second-order valence-electron chi connectivity index (χ2n) is 6.38. The van der Waals surface area contributed by atoms with Crippen molar-refractivity contribution in [3.8, 4) is 0 Å². The van der Waals surface area contributed by atoms with Gasteiger partial charge in [0.2, 0.25) is 0 Å². The largest absolute Gasteiger partial charge is 3.00 e. The first-order chi connectivity index (χ1) is 15.9. The van der Waals surface area contributed by atoms with Gasteiger partial charge in [0.25, 0.3) is 0 Å². The number of nitrogens with one attached hydrogen (secondary N) is 3. The zero-order valence-electron chi connectivity index (χ0n) is 18.2. The summed E-state index contributed by atoms with van der Waals surface area (Å²) in [5.41, 5.74) is 3.58. The predicted molar refractivity (Wildman–Crippen MR) is 160 cm³/mol. The third-order valence-corrected chi connectivity index (χ3v) is 4.71. The van der Waals surface area contributed by atoms with Crippen molar-refractivity contribution in [1.82, 2.24) is 16.0 Å². The van der Waals surface area contributed by atoms with Gasteiger partial charge in [-0.1, -0.05) is 104 Å². The summed E-state index contributed by atoms with van der Waals surface area (Å²) in [6.45, 7) is 2.18. The van der Waals surface area contributed by atoms with Gasteiger partial charge in [0, 0.05) is 19.6 Å². The molecule has 0 bridgehead atoms. The van der Waals surface area contributed by atoms with Crippen LogP contribution in [-0.4, -0.2) is 13.0 Å². The van der Waals surface area contributed by atoms with E-state index in [1.165, 1.54) is 16.7 Å². The Labute approximate surface area is 268 Å². The normalized spacial score (nSPS) is 8.82. The monoisotopic (exact) mass is 688 g/mol. The van der Waals surface area contributed by atoms with E-state index in [1.807, 2.05) is 91.0 Å². The van der Waals surface area contributed by atoms with E-state index in [1.54, 1.807) is 0 Å². The van der Waals surface area contributed by atoms with E-state index < -0.39 is 0 Å². The fourth-order valence-corrected chi connectivity index (χ4v) is 2.74. The van der Waals surface area contributed by atoms with Crippen molar-refractivity contribution in [2.24, 2.45) is 0 Å². The number of hydrogen-bond donors (Lipinski definition) is 3. The van der Waals surface area contributed by atoms with Crippen LogP contribution < -0.4 is 16.0 Å². The quantitative estimate of drug-likeness (QED) is 0.249. The van der Waals surface area contributed by atoms with Gasteiger partial charge < -0.3 is 90.5 Å². The molecule has 10 heteroatoms. The fourth-order valence-electron chi connectivity index (χ4n) is 2.31. The molecule has 0 aromatic heterocycles. The Bertz CT molecular complexity index is 833. The fraction of sp³-hybridized carbons (Fsp3) is 0.125. The minimum Gasteiger partial charge on any atom is -0.412 e. The predicted octanol–water partition coefficient (Wildman–Crippen LogP) is 4.82. The second kappa shape index (κ2) is 21.6. The molecule has 3 rings (SSSR count). The zero-order valence-corrected chi connectivity index (χ0v) is 26.3. The van der Waals surface area contributed by atoms with Gasteiger partial charge in [-0.25, -0.2) is 0 Å². The van der Waals surface area contributed by atoms with Gasteiger partial charge in [-0.15, -0.1) is 0 Å². The number of hydrogen-bond acceptors (Lipinski definition) is 6. The number of thiocarbonyl (C=S) groups is 3. The van der Waals surface area contributed by atoms with Gasteiger partial charge in [0.05, 0.1) is 0 Å². The summed E-state index contributed by atoms with van der Waals surface area (Å²) in [5, 5.41) is 8.72. The molecule has 0 spiro atoms. The van der Waals surface area contributed by atoms with Crippen molar-refractivity contribution < 1.29 is 40.8 Å². The van der Waals surface area contributed by atoms with Gasteiger partial charge in [-0.3, -0.25) is 0 Å². The van der Waals surface area contributed by atoms with Crippen molar-refractivity contribution >= 4 is 87.5 Å². The van der Waals surface area contributed by atoms with Crippen molar-refractivity contribution in [1.29, 1.82) is 0 Å². The Balaban J connectivity index is 0.000000473. The molecule has 0 saturated carbocycles. The summed E-state index contributed by atoms with van der Waals surface area (Å²) in [5.74, 6) is 0. The first-order valence-corrected chi connectivity index (χ1v) is 12.3. The molecule has 3 N–H and O–H groups in total. The second-order valence-corrected chi connectivity index (χ2v) is 9.60. The SMILES string of the molecule is S=C([S-])NCc1ccccc1.S=C([S-])NCc1ccccc1.S=C([S-])NCc1ccccc1.[Nd+3]. The summed E-state index contributed by atoms with van der Waals surface area (Å²) in [7, 11) is 0. The average molecular weight is 691 g/mol. The molecule has 0 unspecified atom stereocenters. The molecule has 0 aliphatic rings.